The molecule has 0 aromatic rings. The summed E-state index contributed by atoms with van der Waals surface area (Å²) >= 11 is 0. The highest BCUT2D eigenvalue weighted by molar-refractivity contribution is 14.0. The highest BCUT2D eigenvalue weighted by atomic mass is 127. The summed E-state index contributed by atoms with van der Waals surface area (Å²) in [4.78, 5) is 15.7. The van der Waals surface area contributed by atoms with E-state index in [-0.39, 0.29) is 36.1 Å². The van der Waals surface area contributed by atoms with Crippen LogP contribution in [0.3, 0.4) is 0 Å². The number of amides is 1. The number of hydrogen-bond donors (Lipinski definition) is 3. The van der Waals surface area contributed by atoms with E-state index in [1.807, 2.05) is 6.92 Å². The molecule has 0 aliphatic heterocycles. The summed E-state index contributed by atoms with van der Waals surface area (Å²) in [6.45, 7) is 5.12. The van der Waals surface area contributed by atoms with E-state index in [1.165, 1.54) is 19.3 Å². The number of carbonyl (C=O) groups excluding carboxylic acids is 1. The van der Waals surface area contributed by atoms with Crippen molar-refractivity contribution in [3.63, 3.8) is 0 Å². The molecule has 3 atom stereocenters. The molecule has 2 saturated carbocycles. The van der Waals surface area contributed by atoms with E-state index < -0.39 is 0 Å². The van der Waals surface area contributed by atoms with Crippen LogP contribution >= 0.6 is 24.0 Å². The molecule has 2 rings (SSSR count). The lowest BCUT2D eigenvalue weighted by molar-refractivity contribution is 0.146. The van der Waals surface area contributed by atoms with E-state index in [1.54, 1.807) is 7.05 Å². The van der Waals surface area contributed by atoms with Gasteiger partial charge in [0.2, 0.25) is 0 Å². The van der Waals surface area contributed by atoms with Gasteiger partial charge in [0.05, 0.1) is 12.6 Å². The SMILES string of the molecule is CCOC(=O)NC(CNC(=NC)NC1CC1C)C1CC1.I. The van der Waals surface area contributed by atoms with Gasteiger partial charge in [0, 0.05) is 19.6 Å². The van der Waals surface area contributed by atoms with Crippen LogP contribution in [0.1, 0.15) is 33.1 Å². The van der Waals surface area contributed by atoms with Crippen LogP contribution in [0.15, 0.2) is 4.99 Å². The monoisotopic (exact) mass is 410 g/mol. The number of carbonyl (C=O) groups is 1. The second-order valence-electron chi connectivity index (χ2n) is 5.73. The molecule has 0 aromatic carbocycles. The molecule has 0 heterocycles. The number of aliphatic imine (C=N–C) groups is 1. The van der Waals surface area contributed by atoms with Gasteiger partial charge >= 0.3 is 6.09 Å². The second kappa shape index (κ2) is 8.65. The Morgan fingerprint density at radius 2 is 2.10 bits per heavy atom. The first-order chi connectivity index (χ1) is 9.63. The largest absolute Gasteiger partial charge is 0.450 e. The molecule has 7 heteroatoms. The number of halogens is 1. The minimum absolute atomic E-state index is 0. The highest BCUT2D eigenvalue weighted by Crippen LogP contribution is 2.32. The standard InChI is InChI=1S/C14H26N4O2.HI/c1-4-20-14(19)18-12(10-5-6-10)8-16-13(15-3)17-11-7-9(11)2;/h9-12H,4-8H2,1-3H3,(H,18,19)(H2,15,16,17);1H. The third-order valence-electron chi connectivity index (χ3n) is 3.91. The lowest BCUT2D eigenvalue weighted by atomic mass is 10.2. The van der Waals surface area contributed by atoms with E-state index >= 15 is 0 Å². The minimum Gasteiger partial charge on any atom is -0.450 e. The van der Waals surface area contributed by atoms with Crippen LogP contribution in [-0.4, -0.2) is 44.3 Å². The van der Waals surface area contributed by atoms with Crippen LogP contribution in [0.2, 0.25) is 0 Å². The van der Waals surface area contributed by atoms with Crippen molar-refractivity contribution in [3.8, 4) is 0 Å². The second-order valence-corrected chi connectivity index (χ2v) is 5.73. The molecule has 1 amide bonds. The van der Waals surface area contributed by atoms with Crippen LogP contribution in [0.4, 0.5) is 4.79 Å². The Hall–Kier alpha value is -0.730. The maximum absolute atomic E-state index is 11.5. The van der Waals surface area contributed by atoms with Gasteiger partial charge in [0.15, 0.2) is 5.96 Å². The zero-order valence-electron chi connectivity index (χ0n) is 13.0. The van der Waals surface area contributed by atoms with E-state index in [9.17, 15) is 4.79 Å². The van der Waals surface area contributed by atoms with Gasteiger partial charge in [-0.05, 0) is 38.0 Å². The van der Waals surface area contributed by atoms with Crippen LogP contribution in [0.25, 0.3) is 0 Å². The van der Waals surface area contributed by atoms with Crippen molar-refractivity contribution in [3.05, 3.63) is 0 Å². The maximum atomic E-state index is 11.5. The van der Waals surface area contributed by atoms with Gasteiger partial charge in [-0.15, -0.1) is 24.0 Å². The van der Waals surface area contributed by atoms with Gasteiger partial charge in [0.25, 0.3) is 0 Å². The normalized spacial score (nSPS) is 25.4. The molecule has 0 aromatic heterocycles. The van der Waals surface area contributed by atoms with Crippen LogP contribution in [-0.2, 0) is 4.74 Å². The lowest BCUT2D eigenvalue weighted by Crippen LogP contribution is -2.48. The zero-order chi connectivity index (χ0) is 14.5. The fraction of sp³-hybridized carbons (Fsp3) is 0.857. The van der Waals surface area contributed by atoms with Gasteiger partial charge in [0.1, 0.15) is 0 Å². The Morgan fingerprint density at radius 1 is 1.43 bits per heavy atom. The van der Waals surface area contributed by atoms with Crippen molar-refractivity contribution < 1.29 is 9.53 Å². The number of nitrogens with one attached hydrogen (secondary N) is 3. The van der Waals surface area contributed by atoms with E-state index in [0.717, 1.165) is 11.9 Å². The Bertz CT molecular complexity index is 374. The number of hydrogen-bond acceptors (Lipinski definition) is 3. The van der Waals surface area contributed by atoms with Crippen molar-refractivity contribution in [2.75, 3.05) is 20.2 Å². The Balaban J connectivity index is 0.00000220. The van der Waals surface area contributed by atoms with Crippen molar-refractivity contribution in [2.24, 2.45) is 16.8 Å². The topological polar surface area (TPSA) is 74.8 Å². The van der Waals surface area contributed by atoms with Crippen LogP contribution in [0.5, 0.6) is 0 Å². The zero-order valence-corrected chi connectivity index (χ0v) is 15.3. The first-order valence-electron chi connectivity index (χ1n) is 7.54. The first-order valence-corrected chi connectivity index (χ1v) is 7.54. The molecule has 3 unspecified atom stereocenters. The molecular weight excluding hydrogens is 383 g/mol. The Morgan fingerprint density at radius 3 is 2.57 bits per heavy atom. The van der Waals surface area contributed by atoms with Crippen molar-refractivity contribution >= 4 is 36.0 Å². The highest BCUT2D eigenvalue weighted by Gasteiger charge is 2.35. The molecule has 0 radical (unpaired) electrons. The molecule has 6 nitrogen and oxygen atoms in total. The third-order valence-corrected chi connectivity index (χ3v) is 3.91. The quantitative estimate of drug-likeness (QED) is 0.354. The van der Waals surface area contributed by atoms with Crippen LogP contribution < -0.4 is 16.0 Å². The van der Waals surface area contributed by atoms with Gasteiger partial charge < -0.3 is 20.7 Å². The molecule has 0 spiro atoms. The summed E-state index contributed by atoms with van der Waals surface area (Å²) in [6.07, 6.45) is 3.22. The number of ether oxygens (including phenoxy) is 1. The van der Waals surface area contributed by atoms with Gasteiger partial charge in [-0.25, -0.2) is 4.79 Å². The molecule has 0 saturated heterocycles. The third kappa shape index (κ3) is 6.27. The van der Waals surface area contributed by atoms with Crippen molar-refractivity contribution in [1.29, 1.82) is 0 Å². The van der Waals surface area contributed by atoms with Crippen molar-refractivity contribution in [2.45, 2.75) is 45.2 Å². The number of rotatable bonds is 6. The number of alkyl carbamates (subject to hydrolysis) is 1. The summed E-state index contributed by atoms with van der Waals surface area (Å²) in [5, 5.41) is 9.61. The summed E-state index contributed by atoms with van der Waals surface area (Å²) in [5.41, 5.74) is 0. The fourth-order valence-electron chi connectivity index (χ4n) is 2.26. The molecular formula is C14H27IN4O2. The summed E-state index contributed by atoms with van der Waals surface area (Å²) in [6, 6.07) is 0.655. The van der Waals surface area contributed by atoms with E-state index in [0.29, 0.717) is 25.1 Å². The number of guanidine groups is 1. The minimum atomic E-state index is -0.329. The fourth-order valence-corrected chi connectivity index (χ4v) is 2.26. The molecule has 21 heavy (non-hydrogen) atoms. The predicted molar refractivity (Wildman–Crippen MR) is 94.2 cm³/mol. The van der Waals surface area contributed by atoms with E-state index in [2.05, 4.69) is 27.9 Å². The molecule has 122 valence electrons. The summed E-state index contributed by atoms with van der Waals surface area (Å²) in [7, 11) is 1.77. The smallest absolute Gasteiger partial charge is 0.407 e. The average molecular weight is 410 g/mol. The summed E-state index contributed by atoms with van der Waals surface area (Å²) < 4.78 is 4.95. The van der Waals surface area contributed by atoms with E-state index in [4.69, 9.17) is 4.74 Å². The lowest BCUT2D eigenvalue weighted by Gasteiger charge is -2.20. The predicted octanol–water partition coefficient (Wildman–Crippen LogP) is 1.70. The molecule has 2 aliphatic rings. The average Bonchev–Trinajstić information content (AvgIpc) is 3.31. The Kier molecular flexibility index (Phi) is 7.55. The summed E-state index contributed by atoms with van der Waals surface area (Å²) in [5.74, 6) is 2.10. The Labute approximate surface area is 143 Å². The molecule has 2 aliphatic carbocycles. The maximum Gasteiger partial charge on any atom is 0.407 e. The molecule has 3 N–H and O–H groups in total. The number of nitrogens with zero attached hydrogens (tertiary/aromatic N) is 1. The van der Waals surface area contributed by atoms with Gasteiger partial charge in [-0.1, -0.05) is 6.92 Å². The van der Waals surface area contributed by atoms with Gasteiger partial charge in [-0.2, -0.15) is 0 Å². The van der Waals surface area contributed by atoms with Gasteiger partial charge in [-0.3, -0.25) is 4.99 Å². The van der Waals surface area contributed by atoms with Crippen LogP contribution in [0, 0.1) is 11.8 Å². The molecule has 0 bridgehead atoms. The molecule has 2 fully saturated rings. The first kappa shape index (κ1) is 18.3. The van der Waals surface area contributed by atoms with Crippen molar-refractivity contribution in [1.82, 2.24) is 16.0 Å².